The zero-order valence-electron chi connectivity index (χ0n) is 12.8. The van der Waals surface area contributed by atoms with Gasteiger partial charge in [-0.3, -0.25) is 0 Å². The maximum Gasteiger partial charge on any atom is 0.338 e. The minimum Gasteiger partial charge on any atom is -0.465 e. The summed E-state index contributed by atoms with van der Waals surface area (Å²) < 4.78 is 5.96. The molecule has 0 spiro atoms. The Bertz CT molecular complexity index is 491. The number of esters is 1. The number of hydrogen-bond acceptors (Lipinski definition) is 2. The number of hydrogen-bond donors (Lipinski definition) is 0. The second-order valence-corrected chi connectivity index (χ2v) is 7.72. The maximum atomic E-state index is 12.0. The third-order valence-corrected chi connectivity index (χ3v) is 3.78. The van der Waals surface area contributed by atoms with Crippen molar-refractivity contribution in [3.8, 4) is 0 Å². The molecule has 0 fully saturated rings. The van der Waals surface area contributed by atoms with E-state index in [0.29, 0.717) is 5.56 Å². The van der Waals surface area contributed by atoms with Gasteiger partial charge in [0.1, 0.15) is 0 Å². The van der Waals surface area contributed by atoms with Crippen LogP contribution in [0.1, 0.15) is 63.0 Å². The lowest BCUT2D eigenvalue weighted by atomic mass is 9.79. The van der Waals surface area contributed by atoms with Crippen LogP contribution in [0.15, 0.2) is 16.6 Å². The number of carbonyl (C=O) groups excluding carboxylic acids is 1. The van der Waals surface area contributed by atoms with Gasteiger partial charge >= 0.3 is 5.97 Å². The number of ether oxygens (including phenoxy) is 1. The Morgan fingerprint density at radius 2 is 1.47 bits per heavy atom. The molecule has 0 aliphatic heterocycles. The molecule has 3 heteroatoms. The lowest BCUT2D eigenvalue weighted by molar-refractivity contribution is 0.0597. The number of carbonyl (C=O) groups is 1. The van der Waals surface area contributed by atoms with E-state index in [9.17, 15) is 4.79 Å². The first-order chi connectivity index (χ1) is 8.48. The average Bonchev–Trinajstić information content (AvgIpc) is 2.24. The summed E-state index contributed by atoms with van der Waals surface area (Å²) in [5, 5.41) is 0. The smallest absolute Gasteiger partial charge is 0.338 e. The molecule has 0 unspecified atom stereocenters. The van der Waals surface area contributed by atoms with Crippen molar-refractivity contribution in [3.05, 3.63) is 33.3 Å². The van der Waals surface area contributed by atoms with Gasteiger partial charge in [0.2, 0.25) is 0 Å². The van der Waals surface area contributed by atoms with E-state index in [4.69, 9.17) is 4.74 Å². The molecule has 0 radical (unpaired) electrons. The zero-order chi connectivity index (χ0) is 15.0. The van der Waals surface area contributed by atoms with Crippen LogP contribution < -0.4 is 0 Å². The van der Waals surface area contributed by atoms with Crippen molar-refractivity contribution in [3.63, 3.8) is 0 Å². The first-order valence-electron chi connectivity index (χ1n) is 6.41. The molecule has 19 heavy (non-hydrogen) atoms. The van der Waals surface area contributed by atoms with Crippen LogP contribution in [0.4, 0.5) is 0 Å². The molecule has 0 amide bonds. The fourth-order valence-corrected chi connectivity index (χ4v) is 2.99. The van der Waals surface area contributed by atoms with E-state index in [0.717, 1.165) is 15.6 Å². The van der Waals surface area contributed by atoms with Gasteiger partial charge in [0.05, 0.1) is 12.7 Å². The van der Waals surface area contributed by atoms with E-state index in [1.54, 1.807) is 0 Å². The molecule has 0 atom stereocenters. The molecule has 0 saturated heterocycles. The van der Waals surface area contributed by atoms with Crippen LogP contribution in [0.3, 0.4) is 0 Å². The predicted molar refractivity (Wildman–Crippen MR) is 82.9 cm³/mol. The summed E-state index contributed by atoms with van der Waals surface area (Å²) in [4.78, 5) is 12.0. The number of rotatable bonds is 1. The van der Waals surface area contributed by atoms with Crippen molar-refractivity contribution < 1.29 is 9.53 Å². The van der Waals surface area contributed by atoms with Gasteiger partial charge < -0.3 is 4.74 Å². The maximum absolute atomic E-state index is 12.0. The Labute approximate surface area is 124 Å². The molecule has 0 aliphatic rings. The Hall–Kier alpha value is -0.830. The monoisotopic (exact) mass is 326 g/mol. The van der Waals surface area contributed by atoms with Gasteiger partial charge in [-0.2, -0.15) is 0 Å². The van der Waals surface area contributed by atoms with Gasteiger partial charge in [0.15, 0.2) is 0 Å². The molecular formula is C16H23BrO2. The molecule has 0 heterocycles. The van der Waals surface area contributed by atoms with E-state index in [1.807, 2.05) is 12.1 Å². The molecule has 106 valence electrons. The minimum absolute atomic E-state index is 0.0297. The van der Waals surface area contributed by atoms with Crippen molar-refractivity contribution in [2.45, 2.75) is 52.4 Å². The van der Waals surface area contributed by atoms with E-state index < -0.39 is 0 Å². The summed E-state index contributed by atoms with van der Waals surface area (Å²) in [6, 6.07) is 4.00. The Balaban J connectivity index is 3.60. The fourth-order valence-electron chi connectivity index (χ4n) is 2.05. The molecule has 0 aliphatic carbocycles. The van der Waals surface area contributed by atoms with E-state index in [1.165, 1.54) is 7.11 Å². The summed E-state index contributed by atoms with van der Waals surface area (Å²) in [5.41, 5.74) is 2.63. The van der Waals surface area contributed by atoms with Crippen LogP contribution in [-0.2, 0) is 15.6 Å². The summed E-state index contributed by atoms with van der Waals surface area (Å²) in [6.45, 7) is 12.7. The molecule has 0 bridgehead atoms. The highest BCUT2D eigenvalue weighted by atomic mass is 79.9. The second-order valence-electron chi connectivity index (χ2n) is 6.87. The quantitative estimate of drug-likeness (QED) is 0.691. The van der Waals surface area contributed by atoms with Gasteiger partial charge in [-0.1, -0.05) is 57.5 Å². The molecular weight excluding hydrogens is 304 g/mol. The molecule has 0 saturated carbocycles. The van der Waals surface area contributed by atoms with Gasteiger partial charge in [-0.05, 0) is 34.1 Å². The molecule has 1 aromatic rings. The molecule has 1 aromatic carbocycles. The summed E-state index contributed by atoms with van der Waals surface area (Å²) in [5.74, 6) is -0.275. The van der Waals surface area contributed by atoms with E-state index >= 15 is 0 Å². The SMILES string of the molecule is COC(=O)c1cc(C(C)(C)C)c(Br)cc1C(C)(C)C. The van der Waals surface area contributed by atoms with Crippen molar-refractivity contribution in [1.82, 2.24) is 0 Å². The highest BCUT2D eigenvalue weighted by Crippen LogP contribution is 2.36. The van der Waals surface area contributed by atoms with Gasteiger partial charge in [0, 0.05) is 4.47 Å². The Morgan fingerprint density at radius 3 is 1.84 bits per heavy atom. The van der Waals surface area contributed by atoms with E-state index in [2.05, 4.69) is 57.5 Å². The van der Waals surface area contributed by atoms with Crippen molar-refractivity contribution in [1.29, 1.82) is 0 Å². The highest BCUT2D eigenvalue weighted by molar-refractivity contribution is 9.10. The highest BCUT2D eigenvalue weighted by Gasteiger charge is 2.27. The number of halogens is 1. The largest absolute Gasteiger partial charge is 0.465 e. The Kier molecular flexibility index (Phi) is 4.51. The van der Waals surface area contributed by atoms with Crippen molar-refractivity contribution >= 4 is 21.9 Å². The predicted octanol–water partition coefficient (Wildman–Crippen LogP) is 4.83. The topological polar surface area (TPSA) is 26.3 Å². The summed E-state index contributed by atoms with van der Waals surface area (Å²) >= 11 is 3.63. The first kappa shape index (κ1) is 16.2. The van der Waals surface area contributed by atoms with Crippen LogP contribution in [-0.4, -0.2) is 13.1 Å². The normalized spacial score (nSPS) is 12.4. The lowest BCUT2D eigenvalue weighted by Gasteiger charge is -2.27. The number of benzene rings is 1. The van der Waals surface area contributed by atoms with Crippen molar-refractivity contribution in [2.24, 2.45) is 0 Å². The zero-order valence-corrected chi connectivity index (χ0v) is 14.4. The first-order valence-corrected chi connectivity index (χ1v) is 7.20. The third kappa shape index (κ3) is 3.59. The van der Waals surface area contributed by atoms with Gasteiger partial charge in [0.25, 0.3) is 0 Å². The Morgan fingerprint density at radius 1 is 1.00 bits per heavy atom. The van der Waals surface area contributed by atoms with Crippen molar-refractivity contribution in [2.75, 3.05) is 7.11 Å². The molecule has 1 rings (SSSR count). The molecule has 0 N–H and O–H groups in total. The minimum atomic E-state index is -0.275. The van der Waals surface area contributed by atoms with Crippen LogP contribution >= 0.6 is 15.9 Å². The van der Waals surface area contributed by atoms with Crippen LogP contribution in [0, 0.1) is 0 Å². The molecule has 2 nitrogen and oxygen atoms in total. The van der Waals surface area contributed by atoms with Gasteiger partial charge in [-0.25, -0.2) is 4.79 Å². The van der Waals surface area contributed by atoms with Crippen LogP contribution in [0.5, 0.6) is 0 Å². The third-order valence-electron chi connectivity index (χ3n) is 3.13. The summed E-state index contributed by atoms with van der Waals surface area (Å²) in [7, 11) is 1.42. The van der Waals surface area contributed by atoms with E-state index in [-0.39, 0.29) is 16.8 Å². The standard InChI is InChI=1S/C16H23BrO2/c1-15(2,3)11-9-13(17)12(16(4,5)6)8-10(11)14(18)19-7/h8-9H,1-7H3. The van der Waals surface area contributed by atoms with Crippen LogP contribution in [0.25, 0.3) is 0 Å². The number of methoxy groups -OCH3 is 1. The molecule has 0 aromatic heterocycles. The lowest BCUT2D eigenvalue weighted by Crippen LogP contribution is -2.21. The van der Waals surface area contributed by atoms with Gasteiger partial charge in [-0.15, -0.1) is 0 Å². The second kappa shape index (κ2) is 5.28. The summed E-state index contributed by atoms with van der Waals surface area (Å²) in [6.07, 6.45) is 0. The average molecular weight is 327 g/mol. The fraction of sp³-hybridized carbons (Fsp3) is 0.562. The van der Waals surface area contributed by atoms with Crippen LogP contribution in [0.2, 0.25) is 0 Å².